The van der Waals surface area contributed by atoms with Gasteiger partial charge in [0.25, 0.3) is 0 Å². The molecule has 4 unspecified atom stereocenters. The van der Waals surface area contributed by atoms with Crippen LogP contribution in [0.3, 0.4) is 0 Å². The molecule has 1 aromatic rings. The fraction of sp³-hybridized carbons (Fsp3) is 0.400. The molecule has 4 atom stereocenters. The third kappa shape index (κ3) is 9.78. The number of nitrogens with one attached hydrogen (secondary N) is 3. The van der Waals surface area contributed by atoms with Gasteiger partial charge in [-0.25, -0.2) is 4.79 Å². The average molecular weight is 464 g/mol. The van der Waals surface area contributed by atoms with Crippen LogP contribution in [-0.4, -0.2) is 64.8 Å². The summed E-state index contributed by atoms with van der Waals surface area (Å²) in [6.45, 7) is 1.33. The standard InChI is InChI=1S/C20H28N6O7/c1-10(24-18(30)12(21)7-11-5-3-2-4-6-11)17(29)25-13(8-15(22)27)19(31)26-14(20(32)33)9-16(23)28/h2-6,10,12-14H,7-9,21H2,1H3,(H2,22,27)(H2,23,28)(H,24,30)(H,25,29)(H,26,31)(H,32,33). The van der Waals surface area contributed by atoms with E-state index in [0.717, 1.165) is 5.56 Å². The van der Waals surface area contributed by atoms with Gasteiger partial charge in [-0.05, 0) is 18.9 Å². The van der Waals surface area contributed by atoms with Crippen molar-refractivity contribution >= 4 is 35.5 Å². The molecule has 0 spiro atoms. The Morgan fingerprint density at radius 2 is 1.33 bits per heavy atom. The van der Waals surface area contributed by atoms with Gasteiger partial charge >= 0.3 is 5.97 Å². The van der Waals surface area contributed by atoms with E-state index in [0.29, 0.717) is 0 Å². The Kier molecular flexibility index (Phi) is 10.5. The molecule has 0 fully saturated rings. The Bertz CT molecular complexity index is 892. The Hall–Kier alpha value is -4.00. The summed E-state index contributed by atoms with van der Waals surface area (Å²) in [6, 6.07) is 3.65. The van der Waals surface area contributed by atoms with Crippen molar-refractivity contribution in [2.24, 2.45) is 17.2 Å². The third-order valence-electron chi connectivity index (χ3n) is 4.45. The van der Waals surface area contributed by atoms with Gasteiger partial charge in [-0.1, -0.05) is 30.3 Å². The van der Waals surface area contributed by atoms with Gasteiger partial charge in [0, 0.05) is 0 Å². The Balaban J connectivity index is 2.76. The second-order valence-corrected chi connectivity index (χ2v) is 7.33. The van der Waals surface area contributed by atoms with Gasteiger partial charge in [0.1, 0.15) is 18.1 Å². The summed E-state index contributed by atoms with van der Waals surface area (Å²) in [6.07, 6.45) is -1.14. The van der Waals surface area contributed by atoms with Crippen LogP contribution >= 0.6 is 0 Å². The van der Waals surface area contributed by atoms with Crippen molar-refractivity contribution in [1.82, 2.24) is 16.0 Å². The smallest absolute Gasteiger partial charge is 0.326 e. The molecule has 1 aromatic carbocycles. The molecular weight excluding hydrogens is 436 g/mol. The minimum absolute atomic E-state index is 0.226. The van der Waals surface area contributed by atoms with Crippen LogP contribution in [0, 0.1) is 0 Å². The molecule has 0 heterocycles. The maximum Gasteiger partial charge on any atom is 0.326 e. The molecule has 0 saturated carbocycles. The summed E-state index contributed by atoms with van der Waals surface area (Å²) in [5.41, 5.74) is 16.7. The summed E-state index contributed by atoms with van der Waals surface area (Å²) >= 11 is 0. The lowest BCUT2D eigenvalue weighted by molar-refractivity contribution is -0.144. The summed E-state index contributed by atoms with van der Waals surface area (Å²) in [5, 5.41) is 15.7. The lowest BCUT2D eigenvalue weighted by Crippen LogP contribution is -2.57. The van der Waals surface area contributed by atoms with Crippen LogP contribution in [0.15, 0.2) is 30.3 Å². The molecule has 0 aliphatic heterocycles. The first-order valence-electron chi connectivity index (χ1n) is 9.90. The molecule has 5 amide bonds. The summed E-state index contributed by atoms with van der Waals surface area (Å²) in [4.78, 5) is 70.7. The van der Waals surface area contributed by atoms with Crippen LogP contribution in [-0.2, 0) is 35.2 Å². The Morgan fingerprint density at radius 1 is 0.818 bits per heavy atom. The van der Waals surface area contributed by atoms with Crippen LogP contribution in [0.1, 0.15) is 25.3 Å². The predicted molar refractivity (Wildman–Crippen MR) is 115 cm³/mol. The number of carboxylic acid groups (broad SMARTS) is 1. The van der Waals surface area contributed by atoms with E-state index in [4.69, 9.17) is 22.3 Å². The number of hydrogen-bond acceptors (Lipinski definition) is 7. The molecule has 0 saturated heterocycles. The second-order valence-electron chi connectivity index (χ2n) is 7.33. The number of carboxylic acids is 1. The van der Waals surface area contributed by atoms with E-state index in [1.807, 2.05) is 11.4 Å². The lowest BCUT2D eigenvalue weighted by atomic mass is 10.1. The molecule has 0 radical (unpaired) electrons. The van der Waals surface area contributed by atoms with Gasteiger partial charge in [-0.3, -0.25) is 24.0 Å². The maximum atomic E-state index is 12.5. The lowest BCUT2D eigenvalue weighted by Gasteiger charge is -2.23. The molecule has 0 aromatic heterocycles. The quantitative estimate of drug-likeness (QED) is 0.157. The molecule has 0 aliphatic rings. The van der Waals surface area contributed by atoms with E-state index in [1.54, 1.807) is 24.3 Å². The highest BCUT2D eigenvalue weighted by atomic mass is 16.4. The minimum atomic E-state index is -1.67. The van der Waals surface area contributed by atoms with Crippen molar-refractivity contribution in [3.63, 3.8) is 0 Å². The van der Waals surface area contributed by atoms with Crippen molar-refractivity contribution in [3.05, 3.63) is 35.9 Å². The minimum Gasteiger partial charge on any atom is -0.480 e. The van der Waals surface area contributed by atoms with Crippen molar-refractivity contribution in [3.8, 4) is 0 Å². The normalized spacial score (nSPS) is 14.1. The highest BCUT2D eigenvalue weighted by molar-refractivity contribution is 5.96. The number of aliphatic carboxylic acids is 1. The third-order valence-corrected chi connectivity index (χ3v) is 4.45. The number of amides is 5. The van der Waals surface area contributed by atoms with Crippen LogP contribution in [0.25, 0.3) is 0 Å². The number of carbonyl (C=O) groups is 6. The first kappa shape index (κ1) is 27.0. The number of nitrogens with two attached hydrogens (primary N) is 3. The van der Waals surface area contributed by atoms with Gasteiger partial charge in [-0.15, -0.1) is 0 Å². The van der Waals surface area contributed by atoms with Gasteiger partial charge in [0.05, 0.1) is 18.9 Å². The number of hydrogen-bond donors (Lipinski definition) is 7. The highest BCUT2D eigenvalue weighted by Crippen LogP contribution is 2.03. The summed E-state index contributed by atoms with van der Waals surface area (Å²) in [7, 11) is 0. The van der Waals surface area contributed by atoms with Crippen LogP contribution in [0.4, 0.5) is 0 Å². The topological polar surface area (TPSA) is 237 Å². The van der Waals surface area contributed by atoms with Crippen LogP contribution in [0.5, 0.6) is 0 Å². The SMILES string of the molecule is CC(NC(=O)C(N)Cc1ccccc1)C(=O)NC(CC(N)=O)C(=O)NC(CC(N)=O)C(=O)O. The number of primary amides is 2. The van der Waals surface area contributed by atoms with E-state index in [9.17, 15) is 28.8 Å². The van der Waals surface area contributed by atoms with Crippen LogP contribution in [0.2, 0.25) is 0 Å². The molecule has 0 bridgehead atoms. The zero-order valence-electron chi connectivity index (χ0n) is 17.9. The van der Waals surface area contributed by atoms with E-state index in [-0.39, 0.29) is 6.42 Å². The maximum absolute atomic E-state index is 12.5. The van der Waals surface area contributed by atoms with Crippen molar-refractivity contribution in [2.45, 2.75) is 50.4 Å². The Morgan fingerprint density at radius 3 is 1.85 bits per heavy atom. The number of rotatable bonds is 13. The first-order chi connectivity index (χ1) is 15.4. The zero-order valence-corrected chi connectivity index (χ0v) is 17.9. The van der Waals surface area contributed by atoms with Crippen molar-refractivity contribution < 1.29 is 33.9 Å². The number of benzene rings is 1. The van der Waals surface area contributed by atoms with Crippen LogP contribution < -0.4 is 33.2 Å². The second kappa shape index (κ2) is 12.8. The van der Waals surface area contributed by atoms with Gasteiger partial charge in [0.2, 0.25) is 29.5 Å². The highest BCUT2D eigenvalue weighted by Gasteiger charge is 2.30. The van der Waals surface area contributed by atoms with Gasteiger partial charge < -0.3 is 38.3 Å². The monoisotopic (exact) mass is 464 g/mol. The van der Waals surface area contributed by atoms with E-state index in [1.165, 1.54) is 6.92 Å². The molecule has 33 heavy (non-hydrogen) atoms. The first-order valence-corrected chi connectivity index (χ1v) is 9.90. The molecule has 0 aliphatic carbocycles. The zero-order chi connectivity index (χ0) is 25.1. The van der Waals surface area contributed by atoms with E-state index < -0.39 is 72.5 Å². The van der Waals surface area contributed by atoms with E-state index >= 15 is 0 Å². The summed E-state index contributed by atoms with van der Waals surface area (Å²) in [5.74, 6) is -6.03. The molecule has 13 heteroatoms. The van der Waals surface area contributed by atoms with Crippen molar-refractivity contribution in [2.75, 3.05) is 0 Å². The summed E-state index contributed by atoms with van der Waals surface area (Å²) < 4.78 is 0. The molecular formula is C20H28N6O7. The van der Waals surface area contributed by atoms with Crippen molar-refractivity contribution in [1.29, 1.82) is 0 Å². The molecule has 180 valence electrons. The average Bonchev–Trinajstić information content (AvgIpc) is 2.72. The predicted octanol–water partition coefficient (Wildman–Crippen LogP) is -3.13. The van der Waals surface area contributed by atoms with Gasteiger partial charge in [-0.2, -0.15) is 0 Å². The largest absolute Gasteiger partial charge is 0.480 e. The fourth-order valence-electron chi connectivity index (χ4n) is 2.73. The molecule has 13 nitrogen and oxygen atoms in total. The van der Waals surface area contributed by atoms with Gasteiger partial charge in [0.15, 0.2) is 0 Å². The van der Waals surface area contributed by atoms with E-state index in [2.05, 4.69) is 10.6 Å². The molecule has 1 rings (SSSR count). The Labute approximate surface area is 189 Å². The number of carbonyl (C=O) groups excluding carboxylic acids is 5. The molecule has 10 N–H and O–H groups in total. The fourth-order valence-corrected chi connectivity index (χ4v) is 2.73.